The van der Waals surface area contributed by atoms with Gasteiger partial charge in [0.2, 0.25) is 0 Å². The third kappa shape index (κ3) is 2.52. The summed E-state index contributed by atoms with van der Waals surface area (Å²) in [5.74, 6) is 0. The molecule has 2 aliphatic rings. The fourth-order valence-electron chi connectivity index (χ4n) is 5.30. The molecule has 0 N–H and O–H groups in total. The average molecular weight is 489 g/mol. The van der Waals surface area contributed by atoms with Crippen LogP contribution in [0.25, 0.3) is 12.2 Å². The summed E-state index contributed by atoms with van der Waals surface area (Å²) in [5, 5.41) is 0. The third-order valence-electron chi connectivity index (χ3n) is 6.92. The molecule has 0 heterocycles. The Kier molecular flexibility index (Phi) is 5.50. The summed E-state index contributed by atoms with van der Waals surface area (Å²) in [4.78, 5) is -1.34. The summed E-state index contributed by atoms with van der Waals surface area (Å²) >= 11 is 15.2. The van der Waals surface area contributed by atoms with Crippen LogP contribution < -0.4 is 0 Å². The van der Waals surface area contributed by atoms with E-state index in [1.807, 2.05) is 0 Å². The number of benzene rings is 2. The van der Waals surface area contributed by atoms with E-state index in [0.29, 0.717) is 0 Å². The van der Waals surface area contributed by atoms with E-state index < -0.39 is 15.2 Å². The molecule has 2 atom stereocenters. The Labute approximate surface area is 198 Å². The zero-order valence-electron chi connectivity index (χ0n) is 17.4. The predicted octanol–water partition coefficient (Wildman–Crippen LogP) is 7.73. The summed E-state index contributed by atoms with van der Waals surface area (Å²) in [7, 11) is 0. The van der Waals surface area contributed by atoms with Gasteiger partial charge in [0.05, 0.1) is 9.75 Å². The van der Waals surface area contributed by atoms with Crippen LogP contribution in [0, 0.1) is 19.3 Å². The van der Waals surface area contributed by atoms with Crippen LogP contribution in [0.4, 0.5) is 0 Å². The third-order valence-corrected chi connectivity index (χ3v) is 8.87. The Morgan fingerprint density at radius 3 is 1.39 bits per heavy atom. The molecule has 2 aliphatic carbocycles. The van der Waals surface area contributed by atoms with Crippen molar-refractivity contribution in [2.45, 2.75) is 51.3 Å². The van der Waals surface area contributed by atoms with Crippen molar-refractivity contribution in [2.75, 3.05) is 0 Å². The first-order chi connectivity index (χ1) is 12.6. The molecule has 0 aliphatic heterocycles. The first-order valence-electron chi connectivity index (χ1n) is 9.52. The van der Waals surface area contributed by atoms with Gasteiger partial charge in [-0.05, 0) is 72.2 Å². The summed E-state index contributed by atoms with van der Waals surface area (Å²) in [6.07, 6.45) is 4.48. The van der Waals surface area contributed by atoms with Gasteiger partial charge in [-0.15, -0.1) is 23.2 Å². The molecule has 2 unspecified atom stereocenters. The Morgan fingerprint density at radius 1 is 0.679 bits per heavy atom. The van der Waals surface area contributed by atoms with Gasteiger partial charge in [0.25, 0.3) is 0 Å². The van der Waals surface area contributed by atoms with Crippen molar-refractivity contribution in [2.24, 2.45) is 5.41 Å². The fourth-order valence-corrected chi connectivity index (χ4v) is 6.07. The van der Waals surface area contributed by atoms with E-state index in [1.54, 1.807) is 0 Å². The number of aryl methyl sites for hydroxylation is 2. The predicted molar refractivity (Wildman–Crippen MR) is 119 cm³/mol. The zero-order chi connectivity index (χ0) is 19.8. The van der Waals surface area contributed by atoms with Crippen molar-refractivity contribution in [3.05, 3.63) is 80.9 Å². The van der Waals surface area contributed by atoms with Crippen molar-refractivity contribution >= 4 is 35.4 Å². The van der Waals surface area contributed by atoms with Crippen LogP contribution in [0.3, 0.4) is 0 Å². The molecule has 0 saturated carbocycles. The normalized spacial score (nSPS) is 25.6. The van der Waals surface area contributed by atoms with Crippen LogP contribution in [0.1, 0.15) is 61.1 Å². The van der Waals surface area contributed by atoms with E-state index in [-0.39, 0.29) is 26.2 Å². The quantitative estimate of drug-likeness (QED) is 0.380. The van der Waals surface area contributed by atoms with Crippen molar-refractivity contribution in [1.29, 1.82) is 0 Å². The van der Waals surface area contributed by atoms with Crippen molar-refractivity contribution in [3.63, 3.8) is 0 Å². The maximum absolute atomic E-state index is 7.58. The molecule has 2 aromatic carbocycles. The summed E-state index contributed by atoms with van der Waals surface area (Å²) in [6.45, 7) is 13.0. The Hall–Kier alpha value is -0.617. The van der Waals surface area contributed by atoms with Gasteiger partial charge in [-0.1, -0.05) is 62.4 Å². The molecule has 4 rings (SSSR count). The Balaban J connectivity index is 0.00000225. The van der Waals surface area contributed by atoms with Gasteiger partial charge in [0.15, 0.2) is 0 Å². The Morgan fingerprint density at radius 2 is 1.04 bits per heavy atom. The minimum absolute atomic E-state index is 0. The fraction of sp³-hybridized carbons (Fsp3) is 0.360. The van der Waals surface area contributed by atoms with Crippen LogP contribution in [-0.2, 0) is 36.0 Å². The van der Waals surface area contributed by atoms with Gasteiger partial charge in [-0.25, -0.2) is 0 Å². The molecule has 0 spiro atoms. The number of fused-ring (bicyclic) bond motifs is 2. The molecular formula is C25H26Cl2Zr. The number of allylic oxidation sites excluding steroid dienone is 2. The monoisotopic (exact) mass is 486 g/mol. The number of rotatable bonds is 2. The van der Waals surface area contributed by atoms with Gasteiger partial charge < -0.3 is 0 Å². The molecule has 0 nitrogen and oxygen atoms in total. The minimum atomic E-state index is -0.670. The summed E-state index contributed by atoms with van der Waals surface area (Å²) in [6, 6.07) is 12.8. The first-order valence-corrected chi connectivity index (χ1v) is 10.3. The number of hydrogen-bond acceptors (Lipinski definition) is 0. The van der Waals surface area contributed by atoms with Gasteiger partial charge in [0.1, 0.15) is 0 Å². The number of halogens is 2. The summed E-state index contributed by atoms with van der Waals surface area (Å²) < 4.78 is 0. The molecule has 0 saturated heterocycles. The standard InChI is InChI=1S/C25H26Cl2.Zr/c1-15-9-7-11-21-19(15)13-17(3)24(21,26)23(5,6)25(27)18(4)14-20-16(2)10-8-12-22(20)25;/h7-14H,1-6H3;. The molecule has 28 heavy (non-hydrogen) atoms. The van der Waals surface area contributed by atoms with E-state index in [1.165, 1.54) is 33.4 Å². The summed E-state index contributed by atoms with van der Waals surface area (Å²) in [5.41, 5.74) is 9.18. The molecular weight excluding hydrogens is 462 g/mol. The van der Waals surface area contributed by atoms with Crippen molar-refractivity contribution < 1.29 is 26.2 Å². The van der Waals surface area contributed by atoms with Gasteiger partial charge in [-0.3, -0.25) is 0 Å². The van der Waals surface area contributed by atoms with E-state index in [0.717, 1.165) is 11.1 Å². The van der Waals surface area contributed by atoms with Crippen molar-refractivity contribution in [3.8, 4) is 0 Å². The van der Waals surface area contributed by atoms with E-state index in [2.05, 4.69) is 90.1 Å². The molecule has 0 radical (unpaired) electrons. The SMILES string of the molecule is CC1=Cc2c(C)cccc2C1(Cl)C(C)(C)C1(Cl)C(C)=Cc2c(C)cccc21.[Zr]. The van der Waals surface area contributed by atoms with Gasteiger partial charge in [-0.2, -0.15) is 0 Å². The number of hydrogen-bond donors (Lipinski definition) is 0. The van der Waals surface area contributed by atoms with Crippen LogP contribution in [0.15, 0.2) is 47.5 Å². The van der Waals surface area contributed by atoms with E-state index in [4.69, 9.17) is 23.2 Å². The smallest absolute Gasteiger partial charge is 0.0984 e. The molecule has 0 fully saturated rings. The molecule has 2 aromatic rings. The van der Waals surface area contributed by atoms with E-state index >= 15 is 0 Å². The van der Waals surface area contributed by atoms with Crippen LogP contribution in [0.2, 0.25) is 0 Å². The Bertz CT molecular complexity index is 949. The van der Waals surface area contributed by atoms with E-state index in [9.17, 15) is 0 Å². The second-order valence-corrected chi connectivity index (χ2v) is 9.80. The molecule has 0 amide bonds. The molecule has 0 bridgehead atoms. The minimum Gasteiger partial charge on any atom is -0.108 e. The maximum Gasteiger partial charge on any atom is 0.0984 e. The molecule has 3 heteroatoms. The topological polar surface area (TPSA) is 0 Å². The average Bonchev–Trinajstić information content (AvgIpc) is 3.05. The first kappa shape index (κ1) is 22.1. The second kappa shape index (κ2) is 6.97. The van der Waals surface area contributed by atoms with Gasteiger partial charge in [0, 0.05) is 31.6 Å². The van der Waals surface area contributed by atoms with Crippen LogP contribution >= 0.6 is 23.2 Å². The van der Waals surface area contributed by atoms with Gasteiger partial charge >= 0.3 is 0 Å². The maximum atomic E-state index is 7.58. The molecule has 144 valence electrons. The molecule has 0 aromatic heterocycles. The van der Waals surface area contributed by atoms with Crippen LogP contribution in [0.5, 0.6) is 0 Å². The largest absolute Gasteiger partial charge is 0.108 e. The number of alkyl halides is 2. The van der Waals surface area contributed by atoms with Crippen molar-refractivity contribution in [1.82, 2.24) is 0 Å². The second-order valence-electron chi connectivity index (χ2n) is 8.67. The van der Waals surface area contributed by atoms with Crippen LogP contribution in [-0.4, -0.2) is 0 Å². The zero-order valence-corrected chi connectivity index (χ0v) is 21.3.